The maximum Gasteiger partial charge on any atom is 0.245 e. The Morgan fingerprint density at radius 2 is 1.71 bits per heavy atom. The van der Waals surface area contributed by atoms with Gasteiger partial charge in [-0.15, -0.1) is 0 Å². The molecule has 0 amide bonds. The molecule has 1 aromatic rings. The van der Waals surface area contributed by atoms with E-state index < -0.39 is 5.60 Å². The van der Waals surface area contributed by atoms with Gasteiger partial charge in [0.15, 0.2) is 11.5 Å². The monoisotopic (exact) mass is 313 g/mol. The van der Waals surface area contributed by atoms with Crippen molar-refractivity contribution in [3.05, 3.63) is 23.8 Å². The van der Waals surface area contributed by atoms with Crippen molar-refractivity contribution in [2.24, 2.45) is 0 Å². The average Bonchev–Trinajstić information content (AvgIpc) is 2.45. The molecule has 0 fully saturated rings. The van der Waals surface area contributed by atoms with Crippen molar-refractivity contribution < 1.29 is 14.6 Å². The average molecular weight is 313 g/mol. The molecular weight excluding hydrogens is 284 g/mol. The lowest BCUT2D eigenvalue weighted by atomic mass is 9.88. The van der Waals surface area contributed by atoms with Crippen LogP contribution in [0.2, 0.25) is 0 Å². The van der Waals surface area contributed by atoms with Gasteiger partial charge in [0.1, 0.15) is 4.75 Å². The van der Waals surface area contributed by atoms with Crippen LogP contribution in [0, 0.1) is 0 Å². The quantitative estimate of drug-likeness (QED) is 0.617. The predicted octanol–water partition coefficient (Wildman–Crippen LogP) is 3.65. The van der Waals surface area contributed by atoms with Crippen LogP contribution in [0.3, 0.4) is 0 Å². The van der Waals surface area contributed by atoms with E-state index in [4.69, 9.17) is 9.47 Å². The van der Waals surface area contributed by atoms with E-state index in [-0.39, 0.29) is 4.75 Å². The molecule has 0 radical (unpaired) electrons. The van der Waals surface area contributed by atoms with Crippen molar-refractivity contribution in [3.63, 3.8) is 0 Å². The highest BCUT2D eigenvalue weighted by atomic mass is 32.2. The fourth-order valence-electron chi connectivity index (χ4n) is 2.03. The molecule has 0 saturated heterocycles. The normalized spacial score (nSPS) is 12.3. The highest BCUT2D eigenvalue weighted by Crippen LogP contribution is 2.35. The number of thiol groups is 1. The van der Waals surface area contributed by atoms with Gasteiger partial charge in [-0.2, -0.15) is 0 Å². The van der Waals surface area contributed by atoms with Gasteiger partial charge in [0.25, 0.3) is 0 Å². The van der Waals surface area contributed by atoms with Gasteiger partial charge in [-0.3, -0.25) is 0 Å². The van der Waals surface area contributed by atoms with Gasteiger partial charge in [0.05, 0.1) is 12.7 Å². The van der Waals surface area contributed by atoms with E-state index in [1.165, 1.54) is 11.8 Å². The van der Waals surface area contributed by atoms with E-state index in [1.807, 2.05) is 32.0 Å². The zero-order chi connectivity index (χ0) is 16.1. The second kappa shape index (κ2) is 7.41. The second-order valence-electron chi connectivity index (χ2n) is 6.21. The molecule has 0 aromatic heterocycles. The van der Waals surface area contributed by atoms with E-state index in [1.54, 1.807) is 7.11 Å². The fourth-order valence-corrected chi connectivity index (χ4v) is 2.62. The largest absolute Gasteiger partial charge is 0.493 e. The minimum Gasteiger partial charge on any atom is -0.493 e. The van der Waals surface area contributed by atoms with Crippen molar-refractivity contribution in [2.75, 3.05) is 13.0 Å². The number of methoxy groups -OCH3 is 1. The summed E-state index contributed by atoms with van der Waals surface area (Å²) in [7, 11) is 1.63. The Hall–Kier alpha value is -0.870. The number of hydrogen-bond acceptors (Lipinski definition) is 3. The molecule has 21 heavy (non-hydrogen) atoms. The molecule has 0 aliphatic carbocycles. The number of ether oxygens (including phenoxy) is 2. The van der Waals surface area contributed by atoms with Crippen LogP contribution < -0.4 is 9.47 Å². The Kier molecular flexibility index (Phi) is 6.41. The van der Waals surface area contributed by atoms with Gasteiger partial charge in [-0.05, 0) is 51.3 Å². The minimum absolute atomic E-state index is 0.220. The van der Waals surface area contributed by atoms with Crippen molar-refractivity contribution in [3.8, 4) is 11.5 Å². The molecule has 0 atom stereocenters. The Morgan fingerprint density at radius 3 is 2.19 bits per heavy atom. The first kappa shape index (κ1) is 18.2. The Labute approximate surface area is 133 Å². The molecule has 1 aromatic carbocycles. The fraction of sp³-hybridized carbons (Fsp3) is 0.647. The molecule has 0 aliphatic rings. The van der Waals surface area contributed by atoms with Crippen LogP contribution in [0.4, 0.5) is 0 Å². The maximum absolute atomic E-state index is 10.6. The number of benzene rings is 1. The lowest BCUT2D eigenvalue weighted by molar-refractivity contribution is 0.0281. The highest BCUT2D eigenvalue weighted by Gasteiger charge is 2.26. The van der Waals surface area contributed by atoms with Gasteiger partial charge in [0, 0.05) is 11.8 Å². The lowest BCUT2D eigenvalue weighted by Gasteiger charge is -2.26. The molecule has 1 rings (SSSR count). The standard InChI is InChI=1S/C17H28O3S/c1-7-17(18,8-2)13-9-10-14(15(11-13)19-6)20-12-21-16(3,4)5/h9-11,18H,7-8,12H2,1-6H3/p+1. The van der Waals surface area contributed by atoms with Crippen LogP contribution in [0.1, 0.15) is 53.0 Å². The zero-order valence-electron chi connectivity index (χ0n) is 14.1. The smallest absolute Gasteiger partial charge is 0.245 e. The molecule has 0 bridgehead atoms. The van der Waals surface area contributed by atoms with Gasteiger partial charge in [-0.25, -0.2) is 0 Å². The van der Waals surface area contributed by atoms with Crippen LogP contribution in [-0.2, 0) is 17.4 Å². The number of hydrogen-bond donors (Lipinski definition) is 1. The third-order valence-corrected chi connectivity index (χ3v) is 4.84. The molecule has 1 N–H and O–H groups in total. The molecule has 0 saturated carbocycles. The molecule has 0 spiro atoms. The van der Waals surface area contributed by atoms with E-state index in [2.05, 4.69) is 20.8 Å². The summed E-state index contributed by atoms with van der Waals surface area (Å²) in [4.78, 5) is 0. The summed E-state index contributed by atoms with van der Waals surface area (Å²) >= 11 is 1.23. The summed E-state index contributed by atoms with van der Waals surface area (Å²) < 4.78 is 11.5. The molecule has 0 heterocycles. The number of aliphatic hydroxyl groups is 1. The van der Waals surface area contributed by atoms with Crippen LogP contribution in [0.25, 0.3) is 0 Å². The first-order valence-corrected chi connectivity index (χ1v) is 8.56. The predicted molar refractivity (Wildman–Crippen MR) is 91.5 cm³/mol. The first-order chi connectivity index (χ1) is 9.75. The number of rotatable bonds is 7. The molecule has 4 heteroatoms. The SMILES string of the molecule is CCC(O)(CC)c1ccc(OC[SH+]C(C)(C)C)c(OC)c1. The van der Waals surface area contributed by atoms with Crippen molar-refractivity contribution in [2.45, 2.75) is 57.8 Å². The van der Waals surface area contributed by atoms with Crippen LogP contribution in [0.15, 0.2) is 18.2 Å². The molecule has 0 aliphatic heterocycles. The Balaban J connectivity index is 2.89. The summed E-state index contributed by atoms with van der Waals surface area (Å²) in [5, 5.41) is 10.6. The van der Waals surface area contributed by atoms with E-state index >= 15 is 0 Å². The molecule has 0 unspecified atom stereocenters. The van der Waals surface area contributed by atoms with Crippen LogP contribution in [-0.4, -0.2) is 22.9 Å². The van der Waals surface area contributed by atoms with E-state index in [0.717, 1.165) is 11.3 Å². The zero-order valence-corrected chi connectivity index (χ0v) is 15.0. The van der Waals surface area contributed by atoms with Crippen molar-refractivity contribution >= 4 is 11.8 Å². The molecule has 3 nitrogen and oxygen atoms in total. The summed E-state index contributed by atoms with van der Waals surface area (Å²) in [6.07, 6.45) is 1.35. The maximum atomic E-state index is 10.6. The summed E-state index contributed by atoms with van der Waals surface area (Å²) in [6, 6.07) is 5.71. The second-order valence-corrected chi connectivity index (χ2v) is 8.12. The third-order valence-electron chi connectivity index (χ3n) is 3.63. The minimum atomic E-state index is -0.796. The topological polar surface area (TPSA) is 38.7 Å². The summed E-state index contributed by atoms with van der Waals surface area (Å²) in [6.45, 7) is 10.5. The molecule has 120 valence electrons. The van der Waals surface area contributed by atoms with Gasteiger partial charge in [-0.1, -0.05) is 19.9 Å². The van der Waals surface area contributed by atoms with Crippen molar-refractivity contribution in [1.29, 1.82) is 0 Å². The lowest BCUT2D eigenvalue weighted by Crippen LogP contribution is -2.23. The molecular formula is C17H29O3S+. The van der Waals surface area contributed by atoms with Crippen LogP contribution in [0.5, 0.6) is 11.5 Å². The van der Waals surface area contributed by atoms with Crippen molar-refractivity contribution in [1.82, 2.24) is 0 Å². The van der Waals surface area contributed by atoms with E-state index in [0.29, 0.717) is 24.5 Å². The summed E-state index contributed by atoms with van der Waals surface area (Å²) in [5.41, 5.74) is 0.0835. The van der Waals surface area contributed by atoms with Crippen LogP contribution >= 0.6 is 0 Å². The Bertz CT molecular complexity index is 448. The van der Waals surface area contributed by atoms with Gasteiger partial charge < -0.3 is 14.6 Å². The first-order valence-electron chi connectivity index (χ1n) is 7.48. The van der Waals surface area contributed by atoms with E-state index in [9.17, 15) is 5.11 Å². The highest BCUT2D eigenvalue weighted by molar-refractivity contribution is 7.79. The third kappa shape index (κ3) is 5.11. The Morgan fingerprint density at radius 1 is 1.10 bits per heavy atom. The van der Waals surface area contributed by atoms with Gasteiger partial charge >= 0.3 is 0 Å². The van der Waals surface area contributed by atoms with Gasteiger partial charge in [0.2, 0.25) is 5.94 Å². The summed E-state index contributed by atoms with van der Waals surface area (Å²) in [5.74, 6) is 2.04.